The van der Waals surface area contributed by atoms with Gasteiger partial charge in [-0.05, 0) is 36.1 Å². The number of benzene rings is 1. The quantitative estimate of drug-likeness (QED) is 0.682. The molecule has 2 heteroatoms. The highest BCUT2D eigenvalue weighted by Gasteiger charge is 2.20. The molecule has 0 bridgehead atoms. The molecule has 0 aliphatic rings. The Morgan fingerprint density at radius 3 is 2.32 bits per heavy atom. The molecule has 0 fully saturated rings. The second kappa shape index (κ2) is 4.76. The summed E-state index contributed by atoms with van der Waals surface area (Å²) in [5.41, 5.74) is 4.45. The molecule has 0 aliphatic carbocycles. The number of pyridine rings is 1. The number of rotatable bonds is 1. The van der Waals surface area contributed by atoms with Gasteiger partial charge in [0.15, 0.2) is 6.20 Å². The van der Waals surface area contributed by atoms with E-state index < -0.39 is 0 Å². The summed E-state index contributed by atoms with van der Waals surface area (Å²) in [6.07, 6.45) is 2.12. The number of hydrogen-bond donors (Lipinski definition) is 0. The van der Waals surface area contributed by atoms with Crippen molar-refractivity contribution >= 4 is 0 Å². The van der Waals surface area contributed by atoms with Crippen molar-refractivity contribution in [2.75, 3.05) is 0 Å². The number of aryl methyl sites for hydroxylation is 2. The zero-order valence-electron chi connectivity index (χ0n) is 12.3. The second-order valence-corrected chi connectivity index (χ2v) is 6.12. The molecular weight excluding hydrogens is 237 g/mol. The van der Waals surface area contributed by atoms with Gasteiger partial charge in [-0.3, -0.25) is 0 Å². The molecule has 1 aromatic carbocycles. The predicted molar refractivity (Wildman–Crippen MR) is 76.4 cm³/mol. The van der Waals surface area contributed by atoms with E-state index in [-0.39, 0.29) is 11.2 Å². The van der Waals surface area contributed by atoms with Crippen molar-refractivity contribution in [2.24, 2.45) is 7.05 Å². The predicted octanol–water partition coefficient (Wildman–Crippen LogP) is 3.92. The first-order valence-corrected chi connectivity index (χ1v) is 6.56. The van der Waals surface area contributed by atoms with Crippen LogP contribution in [0.4, 0.5) is 4.39 Å². The Kier molecular flexibility index (Phi) is 3.44. The van der Waals surface area contributed by atoms with E-state index in [0.717, 1.165) is 16.8 Å². The maximum absolute atomic E-state index is 13.4. The van der Waals surface area contributed by atoms with E-state index in [4.69, 9.17) is 0 Å². The maximum Gasteiger partial charge on any atom is 0.212 e. The van der Waals surface area contributed by atoms with Gasteiger partial charge in [0, 0.05) is 11.6 Å². The Morgan fingerprint density at radius 1 is 1.05 bits per heavy atom. The van der Waals surface area contributed by atoms with E-state index in [1.165, 1.54) is 11.6 Å². The molecule has 2 rings (SSSR count). The van der Waals surface area contributed by atoms with E-state index in [0.29, 0.717) is 0 Å². The van der Waals surface area contributed by atoms with Crippen LogP contribution in [0, 0.1) is 12.7 Å². The van der Waals surface area contributed by atoms with Crippen molar-refractivity contribution in [2.45, 2.75) is 33.1 Å². The summed E-state index contributed by atoms with van der Waals surface area (Å²) in [7, 11) is 2.01. The number of halogens is 1. The van der Waals surface area contributed by atoms with E-state index in [1.54, 1.807) is 6.07 Å². The number of nitrogens with zero attached hydrogens (tertiary/aromatic N) is 1. The van der Waals surface area contributed by atoms with Crippen molar-refractivity contribution < 1.29 is 8.96 Å². The lowest BCUT2D eigenvalue weighted by Crippen LogP contribution is -2.33. The Bertz CT molecular complexity index is 609. The zero-order chi connectivity index (χ0) is 14.2. The molecule has 0 spiro atoms. The Labute approximate surface area is 114 Å². The minimum atomic E-state index is -0.194. The van der Waals surface area contributed by atoms with Crippen molar-refractivity contribution in [3.8, 4) is 11.3 Å². The smallest absolute Gasteiger partial charge is 0.207 e. The Balaban J connectivity index is 2.55. The molecule has 0 saturated heterocycles. The van der Waals surface area contributed by atoms with Crippen LogP contribution in [0.5, 0.6) is 0 Å². The highest BCUT2D eigenvalue weighted by molar-refractivity contribution is 5.61. The van der Waals surface area contributed by atoms with E-state index in [9.17, 15) is 4.39 Å². The Hall–Kier alpha value is -1.70. The van der Waals surface area contributed by atoms with Gasteiger partial charge in [-0.2, -0.15) is 0 Å². The van der Waals surface area contributed by atoms with Crippen molar-refractivity contribution in [1.29, 1.82) is 0 Å². The van der Waals surface area contributed by atoms with Gasteiger partial charge in [0.1, 0.15) is 12.9 Å². The molecule has 1 heterocycles. The summed E-state index contributed by atoms with van der Waals surface area (Å²) in [6.45, 7) is 8.58. The van der Waals surface area contributed by atoms with Crippen LogP contribution in [0.1, 0.15) is 31.9 Å². The molecule has 1 aromatic heterocycles. The zero-order valence-corrected chi connectivity index (χ0v) is 12.3. The Morgan fingerprint density at radius 2 is 1.74 bits per heavy atom. The van der Waals surface area contributed by atoms with E-state index in [1.807, 2.05) is 20.0 Å². The van der Waals surface area contributed by atoms with Gasteiger partial charge < -0.3 is 0 Å². The third-order valence-corrected chi connectivity index (χ3v) is 3.48. The van der Waals surface area contributed by atoms with Crippen molar-refractivity contribution in [3.63, 3.8) is 0 Å². The molecule has 0 radical (unpaired) electrons. The van der Waals surface area contributed by atoms with Crippen LogP contribution in [0.25, 0.3) is 11.3 Å². The average molecular weight is 258 g/mol. The summed E-state index contributed by atoms with van der Waals surface area (Å²) < 4.78 is 15.5. The van der Waals surface area contributed by atoms with Gasteiger partial charge >= 0.3 is 0 Å². The molecule has 0 amide bonds. The molecular formula is C17H21FN+. The van der Waals surface area contributed by atoms with Gasteiger partial charge in [0.25, 0.3) is 0 Å². The minimum absolute atomic E-state index is 0.118. The third-order valence-electron chi connectivity index (χ3n) is 3.48. The highest BCUT2D eigenvalue weighted by Crippen LogP contribution is 2.25. The van der Waals surface area contributed by atoms with Crippen LogP contribution in [-0.2, 0) is 12.5 Å². The molecule has 100 valence electrons. The standard InChI is InChI=1S/C17H21FN/c1-12-6-8-14(18)10-15(12)16-9-7-13(11-19(16)5)17(2,3)4/h6-11H,1-5H3/q+1. The third kappa shape index (κ3) is 2.83. The summed E-state index contributed by atoms with van der Waals surface area (Å²) in [4.78, 5) is 0. The lowest BCUT2D eigenvalue weighted by Gasteiger charge is -2.17. The number of aromatic nitrogens is 1. The van der Waals surface area contributed by atoms with E-state index >= 15 is 0 Å². The van der Waals surface area contributed by atoms with Gasteiger partial charge in [0.2, 0.25) is 5.69 Å². The second-order valence-electron chi connectivity index (χ2n) is 6.12. The summed E-state index contributed by atoms with van der Waals surface area (Å²) in [5, 5.41) is 0. The fourth-order valence-corrected chi connectivity index (χ4v) is 2.20. The average Bonchev–Trinajstić information content (AvgIpc) is 2.31. The topological polar surface area (TPSA) is 3.88 Å². The lowest BCUT2D eigenvalue weighted by molar-refractivity contribution is -0.661. The normalized spacial score (nSPS) is 11.7. The monoisotopic (exact) mass is 258 g/mol. The molecule has 0 atom stereocenters. The van der Waals surface area contributed by atoms with Gasteiger partial charge in [-0.25, -0.2) is 8.96 Å². The van der Waals surface area contributed by atoms with Crippen LogP contribution >= 0.6 is 0 Å². The largest absolute Gasteiger partial charge is 0.212 e. The van der Waals surface area contributed by atoms with Crippen LogP contribution in [0.2, 0.25) is 0 Å². The lowest BCUT2D eigenvalue weighted by atomic mass is 9.88. The molecule has 0 saturated carbocycles. The summed E-state index contributed by atoms with van der Waals surface area (Å²) in [5.74, 6) is -0.194. The molecule has 2 aromatic rings. The van der Waals surface area contributed by atoms with Gasteiger partial charge in [-0.1, -0.05) is 26.8 Å². The molecule has 0 N–H and O–H groups in total. The number of hydrogen-bond acceptors (Lipinski definition) is 0. The molecule has 0 aliphatic heterocycles. The summed E-state index contributed by atoms with van der Waals surface area (Å²) in [6, 6.07) is 9.12. The fourth-order valence-electron chi connectivity index (χ4n) is 2.20. The molecule has 0 unspecified atom stereocenters. The van der Waals surface area contributed by atoms with Gasteiger partial charge in [-0.15, -0.1) is 0 Å². The summed E-state index contributed by atoms with van der Waals surface area (Å²) >= 11 is 0. The van der Waals surface area contributed by atoms with Crippen LogP contribution in [0.3, 0.4) is 0 Å². The van der Waals surface area contributed by atoms with Crippen molar-refractivity contribution in [3.05, 3.63) is 53.5 Å². The minimum Gasteiger partial charge on any atom is -0.207 e. The van der Waals surface area contributed by atoms with E-state index in [2.05, 4.69) is 43.7 Å². The van der Waals surface area contributed by atoms with Gasteiger partial charge in [0.05, 0.1) is 5.56 Å². The van der Waals surface area contributed by atoms with Crippen LogP contribution < -0.4 is 4.57 Å². The first kappa shape index (κ1) is 13.7. The maximum atomic E-state index is 13.4. The fraction of sp³-hybridized carbons (Fsp3) is 0.353. The highest BCUT2D eigenvalue weighted by atomic mass is 19.1. The van der Waals surface area contributed by atoms with Crippen LogP contribution in [0.15, 0.2) is 36.5 Å². The first-order valence-electron chi connectivity index (χ1n) is 6.56. The SMILES string of the molecule is Cc1ccc(F)cc1-c1ccc(C(C)(C)C)c[n+]1C. The molecule has 19 heavy (non-hydrogen) atoms. The first-order chi connectivity index (χ1) is 8.79. The molecule has 1 nitrogen and oxygen atoms in total. The van der Waals surface area contributed by atoms with Crippen LogP contribution in [-0.4, -0.2) is 0 Å². The van der Waals surface area contributed by atoms with Crippen molar-refractivity contribution in [1.82, 2.24) is 0 Å².